The van der Waals surface area contributed by atoms with E-state index in [0.29, 0.717) is 0 Å². The molecular formula is C10H28N5+. The summed E-state index contributed by atoms with van der Waals surface area (Å²) in [5, 5.41) is 0. The van der Waals surface area contributed by atoms with Crippen LogP contribution < -0.4 is 22.5 Å². The highest BCUT2D eigenvalue weighted by atomic mass is 15.8. The average Bonchev–Trinajstić information content (AvgIpc) is 2.12. The molecular weight excluding hydrogens is 190 g/mol. The molecule has 0 unspecified atom stereocenters. The zero-order valence-corrected chi connectivity index (χ0v) is 11.0. The summed E-state index contributed by atoms with van der Waals surface area (Å²) >= 11 is 0. The van der Waals surface area contributed by atoms with E-state index in [-0.39, 0.29) is 15.9 Å². The molecule has 0 saturated heterocycles. The van der Waals surface area contributed by atoms with E-state index in [4.69, 9.17) is 11.7 Å². The van der Waals surface area contributed by atoms with Crippen LogP contribution in [-0.2, 0) is 0 Å². The number of nitrogens with zero attached hydrogens (tertiary/aromatic N) is 1. The summed E-state index contributed by atoms with van der Waals surface area (Å²) in [6, 6.07) is 0. The Balaban J connectivity index is 5.22. The molecule has 0 spiro atoms. The molecule has 0 aliphatic carbocycles. The molecule has 0 aromatic rings. The maximum absolute atomic E-state index is 6.29. The van der Waals surface area contributed by atoms with Crippen molar-refractivity contribution in [3.05, 3.63) is 0 Å². The summed E-state index contributed by atoms with van der Waals surface area (Å²) in [5.74, 6) is 12.6. The summed E-state index contributed by atoms with van der Waals surface area (Å²) in [4.78, 5) is 0. The molecule has 0 saturated carbocycles. The van der Waals surface area contributed by atoms with Gasteiger partial charge in [0.15, 0.2) is 5.66 Å². The maximum atomic E-state index is 6.29. The topological polar surface area (TPSA) is 76.1 Å². The molecule has 0 aromatic carbocycles. The second kappa shape index (κ2) is 4.76. The normalized spacial score (nSPS) is 14.4. The van der Waals surface area contributed by atoms with Gasteiger partial charge in [-0.2, -0.15) is 21.8 Å². The number of rotatable bonds is 5. The van der Waals surface area contributed by atoms with Crippen LogP contribution in [0, 0.1) is 0 Å². The van der Waals surface area contributed by atoms with Crippen molar-refractivity contribution in [3.8, 4) is 0 Å². The Bertz CT molecular complexity index is 190. The van der Waals surface area contributed by atoms with Crippen LogP contribution in [0.5, 0.6) is 0 Å². The van der Waals surface area contributed by atoms with Crippen LogP contribution in [0.25, 0.3) is 0 Å². The minimum atomic E-state index is -0.354. The minimum absolute atomic E-state index is 0.0478. The number of hydrazine groups is 1. The van der Waals surface area contributed by atoms with Crippen LogP contribution in [-0.4, -0.2) is 23.0 Å². The molecule has 0 aromatic heterocycles. The molecule has 5 nitrogen and oxygen atoms in total. The third-order valence-electron chi connectivity index (χ3n) is 3.35. The summed E-state index contributed by atoms with van der Waals surface area (Å²) in [7, 11) is 1.84. The van der Waals surface area contributed by atoms with Crippen molar-refractivity contribution in [3.63, 3.8) is 0 Å². The molecule has 0 radical (unpaired) electrons. The van der Waals surface area contributed by atoms with Crippen molar-refractivity contribution in [1.82, 2.24) is 10.9 Å². The fraction of sp³-hybridized carbons (Fsp3) is 1.00. The zero-order chi connectivity index (χ0) is 12.3. The molecule has 0 heterocycles. The van der Waals surface area contributed by atoms with E-state index in [2.05, 4.69) is 24.7 Å². The quantitative estimate of drug-likeness (QED) is 0.236. The summed E-state index contributed by atoms with van der Waals surface area (Å²) in [5.41, 5.74) is 5.60. The van der Waals surface area contributed by atoms with Crippen LogP contribution in [0.1, 0.15) is 47.5 Å². The number of nitrogens with two attached hydrogens (primary N) is 2. The first kappa shape index (κ1) is 14.8. The number of hydrogen-bond donors (Lipinski definition) is 4. The van der Waals surface area contributed by atoms with Crippen molar-refractivity contribution in [2.24, 2.45) is 11.7 Å². The summed E-state index contributed by atoms with van der Waals surface area (Å²) < 4.78 is -0.0478. The minimum Gasteiger partial charge on any atom is -0.256 e. The van der Waals surface area contributed by atoms with Crippen molar-refractivity contribution in [2.75, 3.05) is 7.05 Å². The largest absolute Gasteiger partial charge is 0.256 e. The lowest BCUT2D eigenvalue weighted by Crippen LogP contribution is -2.84. The van der Waals surface area contributed by atoms with Gasteiger partial charge in [-0.25, -0.2) is 0 Å². The first-order valence-corrected chi connectivity index (χ1v) is 5.58. The van der Waals surface area contributed by atoms with Gasteiger partial charge in [-0.15, -0.1) is 0 Å². The van der Waals surface area contributed by atoms with Crippen LogP contribution in [0.3, 0.4) is 0 Å². The maximum Gasteiger partial charge on any atom is 0.200 e. The van der Waals surface area contributed by atoms with Crippen LogP contribution in [0.15, 0.2) is 0 Å². The lowest BCUT2D eigenvalue weighted by atomic mass is 9.95. The van der Waals surface area contributed by atoms with Crippen molar-refractivity contribution in [2.45, 2.75) is 58.7 Å². The molecule has 0 amide bonds. The Labute approximate surface area is 93.7 Å². The van der Waals surface area contributed by atoms with Crippen molar-refractivity contribution >= 4 is 0 Å². The second-order valence-corrected chi connectivity index (χ2v) is 5.06. The predicted octanol–water partition coefficient (Wildman–Crippen LogP) is 0.589. The van der Waals surface area contributed by atoms with E-state index in [1.807, 2.05) is 27.8 Å². The van der Waals surface area contributed by atoms with Gasteiger partial charge in [0, 0.05) is 12.8 Å². The van der Waals surface area contributed by atoms with Gasteiger partial charge < -0.3 is 0 Å². The van der Waals surface area contributed by atoms with Crippen LogP contribution in [0.4, 0.5) is 0 Å². The van der Waals surface area contributed by atoms with E-state index >= 15 is 0 Å². The summed E-state index contributed by atoms with van der Waals surface area (Å²) in [6.45, 7) is 10.3. The Morgan fingerprint density at radius 2 is 1.47 bits per heavy atom. The van der Waals surface area contributed by atoms with Gasteiger partial charge in [0.1, 0.15) is 5.54 Å². The lowest BCUT2D eigenvalue weighted by Gasteiger charge is -2.51. The third-order valence-corrected chi connectivity index (χ3v) is 3.35. The van der Waals surface area contributed by atoms with Crippen molar-refractivity contribution < 1.29 is 4.70 Å². The van der Waals surface area contributed by atoms with E-state index in [1.54, 1.807) is 0 Å². The fourth-order valence-electron chi connectivity index (χ4n) is 1.92. The summed E-state index contributed by atoms with van der Waals surface area (Å²) in [6.07, 6.45) is 1.71. The Morgan fingerprint density at radius 1 is 1.07 bits per heavy atom. The van der Waals surface area contributed by atoms with Gasteiger partial charge in [-0.05, 0) is 27.8 Å². The van der Waals surface area contributed by atoms with Gasteiger partial charge in [-0.3, -0.25) is 5.43 Å². The fourth-order valence-corrected chi connectivity index (χ4v) is 1.92. The Morgan fingerprint density at radius 3 is 1.67 bits per heavy atom. The molecule has 0 fully saturated rings. The number of quaternary nitrogens is 1. The van der Waals surface area contributed by atoms with E-state index in [9.17, 15) is 0 Å². The molecule has 0 atom stereocenters. The van der Waals surface area contributed by atoms with Crippen LogP contribution in [0.2, 0.25) is 0 Å². The highest BCUT2D eigenvalue weighted by Gasteiger charge is 2.52. The highest BCUT2D eigenvalue weighted by Crippen LogP contribution is 2.29. The Kier molecular flexibility index (Phi) is 4.69. The molecule has 6 N–H and O–H groups in total. The van der Waals surface area contributed by atoms with Gasteiger partial charge in [0.25, 0.3) is 0 Å². The van der Waals surface area contributed by atoms with E-state index in [0.717, 1.165) is 12.8 Å². The second-order valence-electron chi connectivity index (χ2n) is 5.06. The van der Waals surface area contributed by atoms with Gasteiger partial charge in [-0.1, -0.05) is 13.8 Å². The highest BCUT2D eigenvalue weighted by molar-refractivity contribution is 4.76. The molecule has 0 bridgehead atoms. The third kappa shape index (κ3) is 2.49. The SMILES string of the molecule is CCC(CC)(NNC)[N+](N)(N)C(C)(C)C. The lowest BCUT2D eigenvalue weighted by molar-refractivity contribution is -1.04. The monoisotopic (exact) mass is 218 g/mol. The molecule has 0 rings (SSSR count). The molecule has 0 aliphatic rings. The standard InChI is InChI=1S/C10H28N5/c1-7-10(8-2,14-13-6)15(11,12)9(3,4)5/h13-14H,7-8,11-12H2,1-6H3/q+1. The van der Waals surface area contributed by atoms with Crippen molar-refractivity contribution in [1.29, 1.82) is 0 Å². The molecule has 0 aliphatic heterocycles. The number of hydrogen-bond acceptors (Lipinski definition) is 4. The molecule has 15 heavy (non-hydrogen) atoms. The van der Waals surface area contributed by atoms with E-state index < -0.39 is 0 Å². The Hall–Kier alpha value is -0.200. The van der Waals surface area contributed by atoms with E-state index in [1.165, 1.54) is 0 Å². The molecule has 92 valence electrons. The van der Waals surface area contributed by atoms with Gasteiger partial charge in [0.05, 0.1) is 0 Å². The first-order chi connectivity index (χ1) is 6.68. The molecule has 5 heteroatoms. The average molecular weight is 218 g/mol. The predicted molar refractivity (Wildman–Crippen MR) is 63.9 cm³/mol. The first-order valence-electron chi connectivity index (χ1n) is 5.58. The van der Waals surface area contributed by atoms with Gasteiger partial charge in [0.2, 0.25) is 0 Å². The van der Waals surface area contributed by atoms with Gasteiger partial charge >= 0.3 is 0 Å². The van der Waals surface area contributed by atoms with Crippen LogP contribution >= 0.6 is 0 Å². The number of nitrogens with one attached hydrogen (secondary N) is 2. The zero-order valence-electron chi connectivity index (χ0n) is 11.0. The smallest absolute Gasteiger partial charge is 0.200 e.